The molecule has 0 fully saturated rings. The molecule has 1 atom stereocenters. The zero-order chi connectivity index (χ0) is 19.3. The molecule has 27 heavy (non-hydrogen) atoms. The fraction of sp³-hybridized carbons (Fsp3) is 0.263. The number of ether oxygens (including phenoxy) is 1. The van der Waals surface area contributed by atoms with Gasteiger partial charge in [-0.1, -0.05) is 30.3 Å². The highest BCUT2D eigenvalue weighted by Crippen LogP contribution is 2.22. The number of aryl methyl sites for hydroxylation is 1. The van der Waals surface area contributed by atoms with Crippen molar-refractivity contribution in [1.82, 2.24) is 14.9 Å². The molecular weight excluding hydrogens is 366 g/mol. The van der Waals surface area contributed by atoms with Gasteiger partial charge in [0.1, 0.15) is 11.8 Å². The second kappa shape index (κ2) is 8.32. The summed E-state index contributed by atoms with van der Waals surface area (Å²) in [5.41, 5.74) is 0.952. The van der Waals surface area contributed by atoms with Gasteiger partial charge in [-0.15, -0.1) is 10.2 Å². The number of sulfonamides is 1. The highest BCUT2D eigenvalue weighted by atomic mass is 32.2. The summed E-state index contributed by atoms with van der Waals surface area (Å²) in [5.74, 6) is 1.22. The fourth-order valence-electron chi connectivity index (χ4n) is 2.62. The molecule has 0 saturated heterocycles. The molecule has 1 heterocycles. The van der Waals surface area contributed by atoms with Crippen LogP contribution in [0.2, 0.25) is 0 Å². The van der Waals surface area contributed by atoms with Crippen molar-refractivity contribution in [3.05, 3.63) is 71.9 Å². The van der Waals surface area contributed by atoms with Crippen molar-refractivity contribution < 1.29 is 17.6 Å². The van der Waals surface area contributed by atoms with Gasteiger partial charge in [0, 0.05) is 6.92 Å². The van der Waals surface area contributed by atoms with Crippen LogP contribution in [0.5, 0.6) is 5.75 Å². The number of aromatic nitrogens is 2. The molecule has 0 bridgehead atoms. The van der Waals surface area contributed by atoms with E-state index in [0.717, 1.165) is 5.56 Å². The van der Waals surface area contributed by atoms with Gasteiger partial charge in [0.25, 0.3) is 0 Å². The molecule has 142 valence electrons. The average Bonchev–Trinajstić information content (AvgIpc) is 3.09. The van der Waals surface area contributed by atoms with E-state index in [2.05, 4.69) is 14.9 Å². The van der Waals surface area contributed by atoms with E-state index in [1.165, 1.54) is 12.1 Å². The van der Waals surface area contributed by atoms with Gasteiger partial charge in [-0.05, 0) is 43.2 Å². The first kappa shape index (κ1) is 19.1. The Hall–Kier alpha value is -2.71. The number of benzene rings is 2. The average molecular weight is 387 g/mol. The van der Waals surface area contributed by atoms with Crippen molar-refractivity contribution in [3.8, 4) is 5.75 Å². The summed E-state index contributed by atoms with van der Waals surface area (Å²) >= 11 is 0. The standard InChI is InChI=1S/C19H21N3O4S/c1-3-25-16-9-11-17(12-10-16)27(23,24)22-18(19-21-20-14(2)26-19)13-15-7-5-4-6-8-15/h4-12,18,22H,3,13H2,1-2H3. The lowest BCUT2D eigenvalue weighted by molar-refractivity contribution is 0.340. The van der Waals surface area contributed by atoms with Gasteiger partial charge in [0.05, 0.1) is 11.5 Å². The Bertz CT molecular complexity index is 970. The van der Waals surface area contributed by atoms with Crippen molar-refractivity contribution in [2.24, 2.45) is 0 Å². The first-order chi connectivity index (χ1) is 13.0. The third kappa shape index (κ3) is 4.93. The number of hydrogen-bond donors (Lipinski definition) is 1. The van der Waals surface area contributed by atoms with Crippen molar-refractivity contribution in [2.75, 3.05) is 6.61 Å². The second-order valence-corrected chi connectivity index (χ2v) is 7.64. The SMILES string of the molecule is CCOc1ccc(S(=O)(=O)NC(Cc2ccccc2)c2nnc(C)o2)cc1. The lowest BCUT2D eigenvalue weighted by atomic mass is 10.1. The maximum Gasteiger partial charge on any atom is 0.241 e. The Morgan fingerprint density at radius 3 is 2.37 bits per heavy atom. The van der Waals surface area contributed by atoms with E-state index in [9.17, 15) is 8.42 Å². The summed E-state index contributed by atoms with van der Waals surface area (Å²) in [7, 11) is -3.78. The minimum absolute atomic E-state index is 0.139. The van der Waals surface area contributed by atoms with Crippen LogP contribution in [0, 0.1) is 6.92 Å². The van der Waals surface area contributed by atoms with E-state index in [4.69, 9.17) is 9.15 Å². The summed E-state index contributed by atoms with van der Waals surface area (Å²) < 4.78 is 39.2. The highest BCUT2D eigenvalue weighted by molar-refractivity contribution is 7.89. The molecule has 3 rings (SSSR count). The number of nitrogens with zero attached hydrogens (tertiary/aromatic N) is 2. The maximum absolute atomic E-state index is 12.8. The minimum Gasteiger partial charge on any atom is -0.494 e. The van der Waals surface area contributed by atoms with Crippen molar-refractivity contribution in [3.63, 3.8) is 0 Å². The molecule has 8 heteroatoms. The Labute approximate surface area is 158 Å². The van der Waals surface area contributed by atoms with E-state index in [1.807, 2.05) is 37.3 Å². The Morgan fingerprint density at radius 1 is 1.07 bits per heavy atom. The van der Waals surface area contributed by atoms with E-state index < -0.39 is 16.1 Å². The molecule has 0 amide bonds. The number of hydrogen-bond acceptors (Lipinski definition) is 6. The predicted octanol–water partition coefficient (Wildman–Crippen LogP) is 3.04. The number of rotatable bonds is 8. The summed E-state index contributed by atoms with van der Waals surface area (Å²) in [4.78, 5) is 0.139. The maximum atomic E-state index is 12.8. The summed E-state index contributed by atoms with van der Waals surface area (Å²) in [5, 5.41) is 7.81. The van der Waals surface area contributed by atoms with Crippen LogP contribution >= 0.6 is 0 Å². The zero-order valence-corrected chi connectivity index (χ0v) is 15.9. The molecule has 0 aliphatic heterocycles. The molecular formula is C19H21N3O4S. The monoisotopic (exact) mass is 387 g/mol. The second-order valence-electron chi connectivity index (χ2n) is 5.93. The van der Waals surface area contributed by atoms with Crippen molar-refractivity contribution >= 4 is 10.0 Å². The molecule has 7 nitrogen and oxygen atoms in total. The van der Waals surface area contributed by atoms with E-state index in [-0.39, 0.29) is 10.8 Å². The van der Waals surface area contributed by atoms with Gasteiger partial charge in [0.2, 0.25) is 21.8 Å². The predicted molar refractivity (Wildman–Crippen MR) is 99.9 cm³/mol. The third-order valence-electron chi connectivity index (χ3n) is 3.86. The first-order valence-electron chi connectivity index (χ1n) is 8.57. The first-order valence-corrected chi connectivity index (χ1v) is 10.1. The van der Waals surface area contributed by atoms with Gasteiger partial charge in [-0.3, -0.25) is 0 Å². The molecule has 1 N–H and O–H groups in total. The van der Waals surface area contributed by atoms with E-state index in [1.54, 1.807) is 19.1 Å². The molecule has 0 spiro atoms. The molecule has 0 radical (unpaired) electrons. The molecule has 3 aromatic rings. The van der Waals surface area contributed by atoms with Gasteiger partial charge < -0.3 is 9.15 Å². The molecule has 2 aromatic carbocycles. The van der Waals surface area contributed by atoms with Crippen LogP contribution in [0.1, 0.15) is 30.3 Å². The van der Waals surface area contributed by atoms with Crippen LogP contribution in [0.4, 0.5) is 0 Å². The summed E-state index contributed by atoms with van der Waals surface area (Å²) in [6, 6.07) is 15.1. The van der Waals surface area contributed by atoms with Crippen LogP contribution in [0.25, 0.3) is 0 Å². The van der Waals surface area contributed by atoms with Crippen molar-refractivity contribution in [2.45, 2.75) is 31.2 Å². The fourth-order valence-corrected chi connectivity index (χ4v) is 3.81. The lowest BCUT2D eigenvalue weighted by Crippen LogP contribution is -2.30. The molecule has 1 unspecified atom stereocenters. The van der Waals surface area contributed by atoms with Crippen molar-refractivity contribution in [1.29, 1.82) is 0 Å². The van der Waals surface area contributed by atoms with Gasteiger partial charge in [-0.25, -0.2) is 8.42 Å². The molecule has 0 aliphatic carbocycles. The quantitative estimate of drug-likeness (QED) is 0.638. The van der Waals surface area contributed by atoms with E-state index >= 15 is 0 Å². The van der Waals surface area contributed by atoms with Crippen LogP contribution in [-0.4, -0.2) is 25.2 Å². The largest absolute Gasteiger partial charge is 0.494 e. The van der Waals surface area contributed by atoms with Crippen LogP contribution in [-0.2, 0) is 16.4 Å². The number of nitrogens with one attached hydrogen (secondary N) is 1. The summed E-state index contributed by atoms with van der Waals surface area (Å²) in [6.07, 6.45) is 0.388. The van der Waals surface area contributed by atoms with Gasteiger partial charge >= 0.3 is 0 Å². The van der Waals surface area contributed by atoms with Crippen LogP contribution < -0.4 is 9.46 Å². The van der Waals surface area contributed by atoms with E-state index in [0.29, 0.717) is 24.7 Å². The lowest BCUT2D eigenvalue weighted by Gasteiger charge is -2.16. The topological polar surface area (TPSA) is 94.3 Å². The molecule has 0 saturated carbocycles. The van der Waals surface area contributed by atoms with Crippen LogP contribution in [0.15, 0.2) is 63.9 Å². The third-order valence-corrected chi connectivity index (χ3v) is 5.35. The van der Waals surface area contributed by atoms with Crippen LogP contribution in [0.3, 0.4) is 0 Å². The smallest absolute Gasteiger partial charge is 0.241 e. The van der Waals surface area contributed by atoms with Gasteiger partial charge in [-0.2, -0.15) is 4.72 Å². The normalized spacial score (nSPS) is 12.7. The summed E-state index contributed by atoms with van der Waals surface area (Å²) in [6.45, 7) is 4.05. The Balaban J connectivity index is 1.85. The molecule has 0 aliphatic rings. The molecule has 1 aromatic heterocycles. The zero-order valence-electron chi connectivity index (χ0n) is 15.1. The Morgan fingerprint density at radius 2 is 1.78 bits per heavy atom. The highest BCUT2D eigenvalue weighted by Gasteiger charge is 2.26. The van der Waals surface area contributed by atoms with Gasteiger partial charge in [0.15, 0.2) is 0 Å². The Kier molecular flexibility index (Phi) is 5.88. The minimum atomic E-state index is -3.78.